The van der Waals surface area contributed by atoms with Gasteiger partial charge < -0.3 is 34.9 Å². The predicted octanol–water partition coefficient (Wildman–Crippen LogP) is 4.19. The fourth-order valence-electron chi connectivity index (χ4n) is 6.12. The summed E-state index contributed by atoms with van der Waals surface area (Å²) in [6, 6.07) is 5.24. The molecule has 3 heterocycles. The summed E-state index contributed by atoms with van der Waals surface area (Å²) in [4.78, 5) is 32.2. The van der Waals surface area contributed by atoms with E-state index in [1.807, 2.05) is 0 Å². The van der Waals surface area contributed by atoms with Crippen molar-refractivity contribution in [3.05, 3.63) is 53.1 Å². The Bertz CT molecular complexity index is 1680. The van der Waals surface area contributed by atoms with Crippen LogP contribution in [-0.2, 0) is 11.3 Å². The number of rotatable bonds is 9. The molecule has 2 saturated heterocycles. The van der Waals surface area contributed by atoms with Crippen LogP contribution in [0, 0.1) is 23.6 Å². The summed E-state index contributed by atoms with van der Waals surface area (Å²) in [7, 11) is 2.74. The number of hydrogen-bond donors (Lipinski definition) is 3. The van der Waals surface area contributed by atoms with Gasteiger partial charge in [-0.15, -0.1) is 0 Å². The summed E-state index contributed by atoms with van der Waals surface area (Å²) in [6.07, 6.45) is -0.337. The van der Waals surface area contributed by atoms with E-state index < -0.39 is 30.4 Å². The van der Waals surface area contributed by atoms with E-state index in [4.69, 9.17) is 9.47 Å². The van der Waals surface area contributed by atoms with E-state index in [1.165, 1.54) is 32.4 Å². The lowest BCUT2D eigenvalue weighted by atomic mass is 9.93. The van der Waals surface area contributed by atoms with Crippen LogP contribution in [0.2, 0.25) is 0 Å². The monoisotopic (exact) mass is 658 g/mol. The number of imidazole rings is 1. The normalized spacial score (nSPS) is 20.0. The Balaban J connectivity index is 1.35. The average molecular weight is 659 g/mol. The second kappa shape index (κ2) is 14.6. The number of aromatic nitrogens is 2. The van der Waals surface area contributed by atoms with Crippen molar-refractivity contribution in [1.82, 2.24) is 25.1 Å². The van der Waals surface area contributed by atoms with Gasteiger partial charge in [-0.2, -0.15) is 13.2 Å². The van der Waals surface area contributed by atoms with Crippen molar-refractivity contribution >= 4 is 28.5 Å². The van der Waals surface area contributed by atoms with Gasteiger partial charge in [-0.05, 0) is 43.4 Å². The number of halogens is 4. The van der Waals surface area contributed by atoms with Crippen LogP contribution in [0.3, 0.4) is 0 Å². The van der Waals surface area contributed by atoms with Gasteiger partial charge in [0.1, 0.15) is 23.6 Å². The fraction of sp³-hybridized carbons (Fsp3) is 0.485. The third-order valence-electron chi connectivity index (χ3n) is 8.47. The molecule has 2 aliphatic heterocycles. The number of piperidine rings is 1. The number of likely N-dealkylation sites (tertiary alicyclic amines) is 1. The molecule has 47 heavy (non-hydrogen) atoms. The number of carbonyl (C=O) groups is 2. The number of nitrogens with zero attached hydrogens (tertiary/aromatic N) is 3. The number of anilines is 1. The van der Waals surface area contributed by atoms with Crippen LogP contribution >= 0.6 is 0 Å². The topological polar surface area (TPSA) is 110 Å². The second-order valence-corrected chi connectivity index (χ2v) is 11.9. The quantitative estimate of drug-likeness (QED) is 0.234. The van der Waals surface area contributed by atoms with Gasteiger partial charge in [0, 0.05) is 51.0 Å². The first-order valence-corrected chi connectivity index (χ1v) is 15.5. The summed E-state index contributed by atoms with van der Waals surface area (Å²) >= 11 is 0. The zero-order valence-electron chi connectivity index (χ0n) is 26.5. The molecule has 0 radical (unpaired) electrons. The maximum Gasteiger partial charge on any atom is 0.406 e. The molecular formula is C33H38F4N6O4. The molecule has 2 aliphatic rings. The van der Waals surface area contributed by atoms with Crippen LogP contribution in [0.4, 0.5) is 23.2 Å². The van der Waals surface area contributed by atoms with Crippen molar-refractivity contribution in [2.24, 2.45) is 5.92 Å². The first-order valence-electron chi connectivity index (χ1n) is 15.5. The molecule has 2 fully saturated rings. The van der Waals surface area contributed by atoms with E-state index in [-0.39, 0.29) is 52.5 Å². The first kappa shape index (κ1) is 34.0. The third-order valence-corrected chi connectivity index (χ3v) is 8.47. The summed E-state index contributed by atoms with van der Waals surface area (Å²) in [6.45, 7) is 4.06. The lowest BCUT2D eigenvalue weighted by Gasteiger charge is -2.38. The molecule has 5 rings (SSSR count). The summed E-state index contributed by atoms with van der Waals surface area (Å²) in [5.74, 6) is 4.28. The molecule has 1 aromatic heterocycles. The van der Waals surface area contributed by atoms with Crippen molar-refractivity contribution < 1.29 is 36.6 Å². The number of fused-ring (bicyclic) bond motifs is 1. The maximum atomic E-state index is 14.4. The van der Waals surface area contributed by atoms with Crippen LogP contribution in [0.5, 0.6) is 5.75 Å². The number of nitrogens with one attached hydrogen (secondary N) is 3. The summed E-state index contributed by atoms with van der Waals surface area (Å²) in [5.41, 5.74) is 0.843. The first-order chi connectivity index (χ1) is 22.5. The Kier molecular flexibility index (Phi) is 10.6. The minimum Gasteiger partial charge on any atom is -0.494 e. The van der Waals surface area contributed by atoms with Gasteiger partial charge in [0.2, 0.25) is 0 Å². The van der Waals surface area contributed by atoms with Crippen LogP contribution in [-0.4, -0.2) is 91.5 Å². The molecule has 3 N–H and O–H groups in total. The highest BCUT2D eigenvalue weighted by atomic mass is 19.4. The Morgan fingerprint density at radius 1 is 1.15 bits per heavy atom. The number of carbonyl (C=O) groups excluding carboxylic acids is 2. The Hall–Kier alpha value is -4.35. The molecule has 252 valence electrons. The van der Waals surface area contributed by atoms with Crippen molar-refractivity contribution in [2.75, 3.05) is 52.3 Å². The number of ether oxygens (including phenoxy) is 2. The molecule has 10 nitrogen and oxygen atoms in total. The number of methoxy groups -OCH3 is 1. The minimum atomic E-state index is -4.50. The molecule has 2 amide bonds. The molecule has 0 spiro atoms. The lowest BCUT2D eigenvalue weighted by Crippen LogP contribution is -2.51. The van der Waals surface area contributed by atoms with Crippen LogP contribution in [0.1, 0.15) is 52.5 Å². The van der Waals surface area contributed by atoms with E-state index in [9.17, 15) is 27.2 Å². The Morgan fingerprint density at radius 2 is 1.96 bits per heavy atom. The molecule has 0 bridgehead atoms. The zero-order valence-corrected chi connectivity index (χ0v) is 26.5. The third kappa shape index (κ3) is 8.33. The molecule has 1 unspecified atom stereocenters. The van der Waals surface area contributed by atoms with Gasteiger partial charge in [0.15, 0.2) is 0 Å². The van der Waals surface area contributed by atoms with E-state index in [0.717, 1.165) is 62.5 Å². The van der Waals surface area contributed by atoms with Gasteiger partial charge in [-0.25, -0.2) is 9.37 Å². The fourth-order valence-corrected chi connectivity index (χ4v) is 6.12. The van der Waals surface area contributed by atoms with Crippen LogP contribution in [0.15, 0.2) is 30.6 Å². The zero-order chi connectivity index (χ0) is 33.7. The maximum absolute atomic E-state index is 14.4. The molecule has 0 saturated carbocycles. The molecular weight excluding hydrogens is 620 g/mol. The predicted molar refractivity (Wildman–Crippen MR) is 168 cm³/mol. The molecule has 0 aliphatic carbocycles. The van der Waals surface area contributed by atoms with Gasteiger partial charge >= 0.3 is 6.18 Å². The van der Waals surface area contributed by atoms with Crippen molar-refractivity contribution in [3.8, 4) is 17.6 Å². The molecule has 14 heteroatoms. The molecule has 2 aromatic carbocycles. The van der Waals surface area contributed by atoms with E-state index in [1.54, 1.807) is 0 Å². The standard InChI is InChI=1S/C33H38F4N6O4/c1-20-16-42(17-22-7-5-11-47-22)10-8-26(20)41-32(45)24-12-21(13-28-30(24)40-19-43(28)18-33(35,36)37)6-4-9-39-27-14-23(31(44)38-2)25(34)15-29(27)46-3/h12-15,19-20,22,26,39H,5,7-11,16-18H2,1-3H3,(H,38,44)(H,41,45)/t20-,22?,26-/m0/s1. The van der Waals surface area contributed by atoms with Gasteiger partial charge in [-0.3, -0.25) is 9.59 Å². The van der Waals surface area contributed by atoms with Crippen molar-refractivity contribution in [3.63, 3.8) is 0 Å². The Morgan fingerprint density at radius 3 is 2.64 bits per heavy atom. The van der Waals surface area contributed by atoms with E-state index in [2.05, 4.69) is 44.6 Å². The van der Waals surface area contributed by atoms with Crippen LogP contribution < -0.4 is 20.7 Å². The highest BCUT2D eigenvalue weighted by molar-refractivity contribution is 6.05. The highest BCUT2D eigenvalue weighted by Gasteiger charge is 2.32. The number of amides is 2. The SMILES string of the molecule is CNC(=O)c1cc(NCC#Cc2cc(C(=O)N[C@H]3CCN(CC4CCCO4)C[C@@H]3C)c3ncn(CC(F)(F)F)c3c2)c(OC)cc1F. The lowest BCUT2D eigenvalue weighted by molar-refractivity contribution is -0.140. The molecule has 3 aromatic rings. The number of benzene rings is 2. The summed E-state index contributed by atoms with van der Waals surface area (Å²) < 4.78 is 66.4. The minimum absolute atomic E-state index is 0.0124. The van der Waals surface area contributed by atoms with Gasteiger partial charge in [0.05, 0.1) is 48.4 Å². The van der Waals surface area contributed by atoms with Gasteiger partial charge in [0.25, 0.3) is 11.8 Å². The average Bonchev–Trinajstić information content (AvgIpc) is 3.69. The smallest absolute Gasteiger partial charge is 0.406 e. The van der Waals surface area contributed by atoms with Crippen molar-refractivity contribution in [2.45, 2.75) is 51.1 Å². The Labute approximate surface area is 270 Å². The highest BCUT2D eigenvalue weighted by Crippen LogP contribution is 2.29. The summed E-state index contributed by atoms with van der Waals surface area (Å²) in [5, 5.41) is 8.44. The number of alkyl halides is 3. The van der Waals surface area contributed by atoms with E-state index in [0.29, 0.717) is 11.3 Å². The van der Waals surface area contributed by atoms with E-state index >= 15 is 0 Å². The van der Waals surface area contributed by atoms with Crippen LogP contribution in [0.25, 0.3) is 11.0 Å². The largest absolute Gasteiger partial charge is 0.494 e. The van der Waals surface area contributed by atoms with Gasteiger partial charge in [-0.1, -0.05) is 18.8 Å². The second-order valence-electron chi connectivity index (χ2n) is 11.9. The number of hydrogen-bond acceptors (Lipinski definition) is 7. The van der Waals surface area contributed by atoms with Crippen molar-refractivity contribution in [1.29, 1.82) is 0 Å². The molecule has 3 atom stereocenters.